The van der Waals surface area contributed by atoms with E-state index in [9.17, 15) is 4.79 Å². The van der Waals surface area contributed by atoms with E-state index in [2.05, 4.69) is 21.2 Å². The van der Waals surface area contributed by atoms with E-state index in [1.165, 1.54) is 0 Å². The summed E-state index contributed by atoms with van der Waals surface area (Å²) in [6, 6.07) is 14.8. The van der Waals surface area contributed by atoms with Crippen molar-refractivity contribution in [3.05, 3.63) is 58.6 Å². The number of benzene rings is 2. The first-order valence-electron chi connectivity index (χ1n) is 5.08. The molecule has 0 fully saturated rings. The second-order valence-corrected chi connectivity index (χ2v) is 4.46. The zero-order chi connectivity index (χ0) is 12.3. The molecule has 0 bridgehead atoms. The molecule has 2 aromatic carbocycles. The molecule has 0 aromatic heterocycles. The zero-order valence-electron chi connectivity index (χ0n) is 8.98. The minimum atomic E-state index is -0.440. The van der Waals surface area contributed by atoms with Crippen molar-refractivity contribution in [2.75, 3.05) is 5.32 Å². The molecule has 1 amide bonds. The van der Waals surface area contributed by atoms with E-state index >= 15 is 0 Å². The van der Waals surface area contributed by atoms with Crippen LogP contribution in [0.2, 0.25) is 0 Å². The fourth-order valence-corrected chi connectivity index (χ4v) is 1.76. The number of carbonyl (C=O) groups excluding carboxylic acids is 1. The van der Waals surface area contributed by atoms with Gasteiger partial charge in [-0.3, -0.25) is 4.79 Å². The Morgan fingerprint density at radius 2 is 1.71 bits per heavy atom. The summed E-state index contributed by atoms with van der Waals surface area (Å²) in [5, 5.41) is 3.16. The first-order valence-corrected chi connectivity index (χ1v) is 5.87. The number of nitrogens with two attached hydrogens (primary N) is 1. The van der Waals surface area contributed by atoms with Crippen molar-refractivity contribution in [2.24, 2.45) is 5.73 Å². The second kappa shape index (κ2) is 5.01. The Morgan fingerprint density at radius 3 is 2.35 bits per heavy atom. The largest absolute Gasteiger partial charge is 0.366 e. The van der Waals surface area contributed by atoms with Crippen molar-refractivity contribution < 1.29 is 4.79 Å². The lowest BCUT2D eigenvalue weighted by molar-refractivity contribution is 0.100. The molecule has 86 valence electrons. The van der Waals surface area contributed by atoms with Crippen molar-refractivity contribution in [3.63, 3.8) is 0 Å². The molecule has 0 spiro atoms. The molecule has 0 aliphatic heterocycles. The number of anilines is 2. The maximum absolute atomic E-state index is 11.2. The van der Waals surface area contributed by atoms with Crippen LogP contribution in [0, 0.1) is 0 Å². The molecule has 2 rings (SSSR count). The smallest absolute Gasteiger partial charge is 0.250 e. The highest BCUT2D eigenvalue weighted by atomic mass is 79.9. The molecule has 17 heavy (non-hydrogen) atoms. The van der Waals surface area contributed by atoms with Gasteiger partial charge in [-0.15, -0.1) is 0 Å². The number of halogens is 1. The minimum absolute atomic E-state index is 0.440. The van der Waals surface area contributed by atoms with Crippen LogP contribution in [0.5, 0.6) is 0 Å². The molecule has 0 aliphatic rings. The Morgan fingerprint density at radius 1 is 1.06 bits per heavy atom. The molecule has 0 radical (unpaired) electrons. The summed E-state index contributed by atoms with van der Waals surface area (Å²) in [7, 11) is 0. The number of hydrogen-bond acceptors (Lipinski definition) is 2. The maximum atomic E-state index is 11.2. The quantitative estimate of drug-likeness (QED) is 0.911. The maximum Gasteiger partial charge on any atom is 0.250 e. The third-order valence-electron chi connectivity index (χ3n) is 2.32. The predicted octanol–water partition coefficient (Wildman–Crippen LogP) is 3.29. The van der Waals surface area contributed by atoms with E-state index in [0.717, 1.165) is 10.2 Å². The van der Waals surface area contributed by atoms with Crippen molar-refractivity contribution >= 4 is 33.2 Å². The Hall–Kier alpha value is -1.81. The minimum Gasteiger partial charge on any atom is -0.366 e. The van der Waals surface area contributed by atoms with Crippen LogP contribution >= 0.6 is 15.9 Å². The summed E-state index contributed by atoms with van der Waals surface area (Å²) >= 11 is 3.37. The average molecular weight is 291 g/mol. The summed E-state index contributed by atoms with van der Waals surface area (Å²) in [6.07, 6.45) is 0. The van der Waals surface area contributed by atoms with Gasteiger partial charge in [0.1, 0.15) is 0 Å². The van der Waals surface area contributed by atoms with Crippen molar-refractivity contribution in [1.29, 1.82) is 0 Å². The Labute approximate surface area is 108 Å². The van der Waals surface area contributed by atoms with Gasteiger partial charge < -0.3 is 11.1 Å². The summed E-state index contributed by atoms with van der Waals surface area (Å²) in [5.41, 5.74) is 7.40. The van der Waals surface area contributed by atoms with E-state index < -0.39 is 5.91 Å². The number of carbonyl (C=O) groups is 1. The van der Waals surface area contributed by atoms with Crippen molar-refractivity contribution in [1.82, 2.24) is 0 Å². The first kappa shape index (κ1) is 11.7. The zero-order valence-corrected chi connectivity index (χ0v) is 10.6. The lowest BCUT2D eigenvalue weighted by Crippen LogP contribution is -2.13. The second-order valence-electron chi connectivity index (χ2n) is 3.54. The number of para-hydroxylation sites is 1. The van der Waals surface area contributed by atoms with Crippen LogP contribution in [-0.2, 0) is 0 Å². The molecule has 4 heteroatoms. The highest BCUT2D eigenvalue weighted by Crippen LogP contribution is 2.21. The van der Waals surface area contributed by atoms with Crippen LogP contribution in [-0.4, -0.2) is 5.91 Å². The molecule has 0 heterocycles. The number of amides is 1. The Kier molecular flexibility index (Phi) is 3.44. The summed E-state index contributed by atoms with van der Waals surface area (Å²) < 4.78 is 1.01. The highest BCUT2D eigenvalue weighted by Gasteiger charge is 2.06. The van der Waals surface area contributed by atoms with Crippen LogP contribution in [0.25, 0.3) is 0 Å². The van der Waals surface area contributed by atoms with Gasteiger partial charge in [0.2, 0.25) is 0 Å². The molecule has 0 aliphatic carbocycles. The molecule has 0 saturated heterocycles. The number of rotatable bonds is 3. The monoisotopic (exact) mass is 290 g/mol. The molecular formula is C13H11BrN2O. The number of primary amides is 1. The fourth-order valence-electron chi connectivity index (χ4n) is 1.50. The van der Waals surface area contributed by atoms with Gasteiger partial charge in [0.15, 0.2) is 0 Å². The van der Waals surface area contributed by atoms with Gasteiger partial charge in [-0.05, 0) is 36.4 Å². The van der Waals surface area contributed by atoms with Gasteiger partial charge in [0.25, 0.3) is 5.91 Å². The van der Waals surface area contributed by atoms with Gasteiger partial charge in [-0.1, -0.05) is 28.1 Å². The molecule has 3 N–H and O–H groups in total. The van der Waals surface area contributed by atoms with E-state index in [1.807, 2.05) is 36.4 Å². The fraction of sp³-hybridized carbons (Fsp3) is 0. The van der Waals surface area contributed by atoms with Crippen molar-refractivity contribution in [3.8, 4) is 0 Å². The third kappa shape index (κ3) is 2.85. The summed E-state index contributed by atoms with van der Waals surface area (Å²) in [6.45, 7) is 0. The molecule has 0 saturated carbocycles. The lowest BCUT2D eigenvalue weighted by atomic mass is 10.1. The topological polar surface area (TPSA) is 55.1 Å². The Bertz CT molecular complexity index is 537. The normalized spacial score (nSPS) is 9.94. The van der Waals surface area contributed by atoms with Crippen LogP contribution < -0.4 is 11.1 Å². The van der Waals surface area contributed by atoms with Gasteiger partial charge in [-0.25, -0.2) is 0 Å². The van der Waals surface area contributed by atoms with Crippen LogP contribution in [0.1, 0.15) is 10.4 Å². The van der Waals surface area contributed by atoms with E-state index in [1.54, 1.807) is 12.1 Å². The lowest BCUT2D eigenvalue weighted by Gasteiger charge is -2.09. The van der Waals surface area contributed by atoms with E-state index in [4.69, 9.17) is 5.73 Å². The summed E-state index contributed by atoms with van der Waals surface area (Å²) in [5.74, 6) is -0.440. The predicted molar refractivity (Wildman–Crippen MR) is 72.4 cm³/mol. The van der Waals surface area contributed by atoms with Crippen LogP contribution in [0.15, 0.2) is 53.0 Å². The average Bonchev–Trinajstić information content (AvgIpc) is 2.32. The number of nitrogens with one attached hydrogen (secondary N) is 1. The molecule has 0 unspecified atom stereocenters. The first-order chi connectivity index (χ1) is 8.16. The third-order valence-corrected chi connectivity index (χ3v) is 2.84. The van der Waals surface area contributed by atoms with E-state index in [-0.39, 0.29) is 0 Å². The van der Waals surface area contributed by atoms with Gasteiger partial charge in [0.05, 0.1) is 11.3 Å². The summed E-state index contributed by atoms with van der Waals surface area (Å²) in [4.78, 5) is 11.2. The molecule has 2 aromatic rings. The SMILES string of the molecule is NC(=O)c1ccccc1Nc1ccc(Br)cc1. The van der Waals surface area contributed by atoms with Gasteiger partial charge >= 0.3 is 0 Å². The Balaban J connectivity index is 2.30. The van der Waals surface area contributed by atoms with E-state index in [0.29, 0.717) is 11.3 Å². The highest BCUT2D eigenvalue weighted by molar-refractivity contribution is 9.10. The van der Waals surface area contributed by atoms with Gasteiger partial charge in [-0.2, -0.15) is 0 Å². The number of hydrogen-bond donors (Lipinski definition) is 2. The molecule has 0 atom stereocenters. The molecule has 3 nitrogen and oxygen atoms in total. The standard InChI is InChI=1S/C13H11BrN2O/c14-9-5-7-10(8-6-9)16-12-4-2-1-3-11(12)13(15)17/h1-8,16H,(H2,15,17). The molecular weight excluding hydrogens is 280 g/mol. The van der Waals surface area contributed by atoms with Crippen LogP contribution in [0.3, 0.4) is 0 Å². The van der Waals surface area contributed by atoms with Crippen LogP contribution in [0.4, 0.5) is 11.4 Å². The van der Waals surface area contributed by atoms with Crippen molar-refractivity contribution in [2.45, 2.75) is 0 Å². The van der Waals surface area contributed by atoms with Gasteiger partial charge in [0, 0.05) is 10.2 Å².